The van der Waals surface area contributed by atoms with Gasteiger partial charge in [0.25, 0.3) is 0 Å². The van der Waals surface area contributed by atoms with Crippen LogP contribution in [0.25, 0.3) is 0 Å². The van der Waals surface area contributed by atoms with Gasteiger partial charge in [0.2, 0.25) is 11.9 Å². The molecule has 0 spiro atoms. The molecule has 0 bridgehead atoms. The van der Waals surface area contributed by atoms with E-state index >= 15 is 0 Å². The highest BCUT2D eigenvalue weighted by atomic mass is 16.5. The van der Waals surface area contributed by atoms with Crippen molar-refractivity contribution in [1.82, 2.24) is 14.9 Å². The lowest BCUT2D eigenvalue weighted by Gasteiger charge is -2.22. The van der Waals surface area contributed by atoms with Crippen LogP contribution in [0.1, 0.15) is 18.4 Å². The van der Waals surface area contributed by atoms with Crippen molar-refractivity contribution in [2.45, 2.75) is 19.3 Å². The molecule has 0 saturated carbocycles. The molecular formula is C19H24N4O2. The molecule has 3 rings (SSSR count). The van der Waals surface area contributed by atoms with E-state index in [-0.39, 0.29) is 5.91 Å². The van der Waals surface area contributed by atoms with Crippen molar-refractivity contribution < 1.29 is 9.53 Å². The predicted octanol–water partition coefficient (Wildman–Crippen LogP) is 2.16. The zero-order chi connectivity index (χ0) is 17.5. The van der Waals surface area contributed by atoms with Crippen molar-refractivity contribution in [1.29, 1.82) is 0 Å². The van der Waals surface area contributed by atoms with E-state index in [1.807, 2.05) is 35.2 Å². The lowest BCUT2D eigenvalue weighted by molar-refractivity contribution is -0.130. The van der Waals surface area contributed by atoms with Crippen LogP contribution in [-0.4, -0.2) is 54.1 Å². The van der Waals surface area contributed by atoms with Gasteiger partial charge in [-0.05, 0) is 30.5 Å². The first kappa shape index (κ1) is 17.2. The summed E-state index contributed by atoms with van der Waals surface area (Å²) in [5.41, 5.74) is 1.08. The fourth-order valence-electron chi connectivity index (χ4n) is 3.13. The van der Waals surface area contributed by atoms with Gasteiger partial charge in [0.05, 0.1) is 7.11 Å². The number of carbonyl (C=O) groups is 1. The molecule has 0 aliphatic carbocycles. The second-order valence-corrected chi connectivity index (χ2v) is 6.08. The lowest BCUT2D eigenvalue weighted by Crippen LogP contribution is -2.35. The highest BCUT2D eigenvalue weighted by Gasteiger charge is 2.20. The number of amides is 1. The highest BCUT2D eigenvalue weighted by Crippen LogP contribution is 2.19. The van der Waals surface area contributed by atoms with E-state index < -0.39 is 0 Å². The number of aryl methyl sites for hydroxylation is 1. The Morgan fingerprint density at radius 1 is 1.08 bits per heavy atom. The van der Waals surface area contributed by atoms with Crippen molar-refractivity contribution in [3.8, 4) is 5.75 Å². The average molecular weight is 340 g/mol. The quantitative estimate of drug-likeness (QED) is 0.835. The molecule has 6 nitrogen and oxygen atoms in total. The standard InChI is InChI=1S/C19H24N4O2/c1-25-17-7-3-2-6-16(17)8-9-18(24)22-12-5-13-23(15-14-22)19-20-10-4-11-21-19/h2-4,6-7,10-11H,5,8-9,12-15H2,1H3. The second-order valence-electron chi connectivity index (χ2n) is 6.08. The number of hydrogen-bond donors (Lipinski definition) is 0. The molecule has 1 amide bonds. The van der Waals surface area contributed by atoms with Crippen molar-refractivity contribution >= 4 is 11.9 Å². The highest BCUT2D eigenvalue weighted by molar-refractivity contribution is 5.76. The number of nitrogens with zero attached hydrogens (tertiary/aromatic N) is 4. The summed E-state index contributed by atoms with van der Waals surface area (Å²) in [6.07, 6.45) is 5.64. The van der Waals surface area contributed by atoms with Gasteiger partial charge in [-0.15, -0.1) is 0 Å². The Morgan fingerprint density at radius 2 is 1.88 bits per heavy atom. The molecule has 0 atom stereocenters. The van der Waals surface area contributed by atoms with Crippen molar-refractivity contribution in [3.05, 3.63) is 48.3 Å². The van der Waals surface area contributed by atoms with E-state index in [4.69, 9.17) is 4.74 Å². The van der Waals surface area contributed by atoms with Gasteiger partial charge in [-0.1, -0.05) is 18.2 Å². The van der Waals surface area contributed by atoms with Gasteiger partial charge in [-0.25, -0.2) is 9.97 Å². The van der Waals surface area contributed by atoms with Crippen molar-refractivity contribution in [2.24, 2.45) is 0 Å². The fraction of sp³-hybridized carbons (Fsp3) is 0.421. The average Bonchev–Trinajstić information content (AvgIpc) is 2.93. The largest absolute Gasteiger partial charge is 0.496 e. The molecule has 1 fully saturated rings. The van der Waals surface area contributed by atoms with Gasteiger partial charge < -0.3 is 14.5 Å². The van der Waals surface area contributed by atoms with Gasteiger partial charge >= 0.3 is 0 Å². The Labute approximate surface area is 148 Å². The zero-order valence-corrected chi connectivity index (χ0v) is 14.6. The smallest absolute Gasteiger partial charge is 0.225 e. The molecule has 1 aromatic carbocycles. The van der Waals surface area contributed by atoms with E-state index in [9.17, 15) is 4.79 Å². The van der Waals surface area contributed by atoms with E-state index in [1.54, 1.807) is 19.5 Å². The van der Waals surface area contributed by atoms with Crippen LogP contribution in [0.3, 0.4) is 0 Å². The molecule has 1 saturated heterocycles. The Morgan fingerprint density at radius 3 is 2.68 bits per heavy atom. The maximum Gasteiger partial charge on any atom is 0.225 e. The summed E-state index contributed by atoms with van der Waals surface area (Å²) in [6.45, 7) is 3.14. The van der Waals surface area contributed by atoms with Crippen LogP contribution >= 0.6 is 0 Å². The van der Waals surface area contributed by atoms with Crippen LogP contribution < -0.4 is 9.64 Å². The van der Waals surface area contributed by atoms with E-state index in [0.29, 0.717) is 19.4 Å². The van der Waals surface area contributed by atoms with Crippen LogP contribution in [0.4, 0.5) is 5.95 Å². The summed E-state index contributed by atoms with van der Waals surface area (Å²) in [7, 11) is 1.66. The topological polar surface area (TPSA) is 58.6 Å². The van der Waals surface area contributed by atoms with E-state index in [0.717, 1.165) is 43.3 Å². The van der Waals surface area contributed by atoms with Gasteiger partial charge in [0.1, 0.15) is 5.75 Å². The Kier molecular flexibility index (Phi) is 5.82. The summed E-state index contributed by atoms with van der Waals surface area (Å²) >= 11 is 0. The van der Waals surface area contributed by atoms with Gasteiger partial charge in [-0.2, -0.15) is 0 Å². The Balaban J connectivity index is 1.54. The number of para-hydroxylation sites is 1. The minimum Gasteiger partial charge on any atom is -0.496 e. The number of aromatic nitrogens is 2. The molecule has 0 radical (unpaired) electrons. The maximum atomic E-state index is 12.6. The number of carbonyl (C=O) groups excluding carboxylic acids is 1. The Bertz CT molecular complexity index is 693. The normalized spacial score (nSPS) is 14.9. The number of hydrogen-bond acceptors (Lipinski definition) is 5. The first-order chi connectivity index (χ1) is 12.3. The van der Waals surface area contributed by atoms with Crippen LogP contribution in [-0.2, 0) is 11.2 Å². The number of rotatable bonds is 5. The molecule has 25 heavy (non-hydrogen) atoms. The summed E-state index contributed by atoms with van der Waals surface area (Å²) in [5.74, 6) is 1.78. The maximum absolute atomic E-state index is 12.6. The van der Waals surface area contributed by atoms with Crippen molar-refractivity contribution in [2.75, 3.05) is 38.2 Å². The second kappa shape index (κ2) is 8.46. The predicted molar refractivity (Wildman–Crippen MR) is 96.8 cm³/mol. The minimum absolute atomic E-state index is 0.196. The lowest BCUT2D eigenvalue weighted by atomic mass is 10.1. The number of methoxy groups -OCH3 is 1. The molecule has 6 heteroatoms. The third-order valence-corrected chi connectivity index (χ3v) is 4.48. The molecule has 2 heterocycles. The van der Waals surface area contributed by atoms with Gasteiger partial charge in [-0.3, -0.25) is 4.79 Å². The molecule has 0 N–H and O–H groups in total. The molecular weight excluding hydrogens is 316 g/mol. The summed E-state index contributed by atoms with van der Waals surface area (Å²) in [5, 5.41) is 0. The van der Waals surface area contributed by atoms with Crippen LogP contribution in [0, 0.1) is 0 Å². The molecule has 0 unspecified atom stereocenters. The fourth-order valence-corrected chi connectivity index (χ4v) is 3.13. The molecule has 1 aliphatic rings. The monoisotopic (exact) mass is 340 g/mol. The van der Waals surface area contributed by atoms with E-state index in [2.05, 4.69) is 14.9 Å². The van der Waals surface area contributed by atoms with Gasteiger partial charge in [0.15, 0.2) is 0 Å². The molecule has 1 aromatic heterocycles. The number of benzene rings is 1. The number of ether oxygens (including phenoxy) is 1. The minimum atomic E-state index is 0.196. The molecule has 2 aromatic rings. The SMILES string of the molecule is COc1ccccc1CCC(=O)N1CCCN(c2ncccn2)CC1. The van der Waals surface area contributed by atoms with Crippen LogP contribution in [0.2, 0.25) is 0 Å². The van der Waals surface area contributed by atoms with E-state index in [1.165, 1.54) is 0 Å². The summed E-state index contributed by atoms with van der Waals surface area (Å²) in [4.78, 5) is 25.3. The van der Waals surface area contributed by atoms with Crippen LogP contribution in [0.15, 0.2) is 42.7 Å². The first-order valence-electron chi connectivity index (χ1n) is 8.69. The van der Waals surface area contributed by atoms with Gasteiger partial charge in [0, 0.05) is 45.0 Å². The molecule has 1 aliphatic heterocycles. The first-order valence-corrected chi connectivity index (χ1v) is 8.69. The summed E-state index contributed by atoms with van der Waals surface area (Å²) in [6, 6.07) is 9.69. The molecule has 132 valence electrons. The third-order valence-electron chi connectivity index (χ3n) is 4.48. The summed E-state index contributed by atoms with van der Waals surface area (Å²) < 4.78 is 5.36. The third kappa shape index (κ3) is 4.47. The Hall–Kier alpha value is -2.63. The number of anilines is 1. The zero-order valence-electron chi connectivity index (χ0n) is 14.6. The van der Waals surface area contributed by atoms with Crippen LogP contribution in [0.5, 0.6) is 5.75 Å². The van der Waals surface area contributed by atoms with Crippen molar-refractivity contribution in [3.63, 3.8) is 0 Å².